The molecule has 0 fully saturated rings. The first-order chi connectivity index (χ1) is 15.0. The molecule has 2 aromatic rings. The first-order valence-electron chi connectivity index (χ1n) is 10.4. The summed E-state index contributed by atoms with van der Waals surface area (Å²) in [6, 6.07) is 10.2. The smallest absolute Gasteiger partial charge is 0.259 e. The van der Waals surface area contributed by atoms with E-state index >= 15 is 0 Å². The lowest BCUT2D eigenvalue weighted by Crippen LogP contribution is -2.37. The summed E-state index contributed by atoms with van der Waals surface area (Å²) in [6.45, 7) is 8.70. The Labute approximate surface area is 188 Å². The van der Waals surface area contributed by atoms with E-state index in [0.717, 1.165) is 0 Å². The Bertz CT molecular complexity index is 1140. The maximum absolute atomic E-state index is 13.1. The van der Waals surface area contributed by atoms with Crippen molar-refractivity contribution in [3.63, 3.8) is 0 Å². The third-order valence-electron chi connectivity index (χ3n) is 4.89. The first kappa shape index (κ1) is 23.6. The summed E-state index contributed by atoms with van der Waals surface area (Å²) in [5, 5.41) is 4.86. The monoisotopic (exact) mass is 457 g/mol. The Morgan fingerprint density at radius 2 is 1.47 bits per heavy atom. The van der Waals surface area contributed by atoms with Gasteiger partial charge in [-0.05, 0) is 54.3 Å². The number of rotatable bonds is 8. The average molecular weight is 458 g/mol. The van der Waals surface area contributed by atoms with Crippen molar-refractivity contribution in [3.8, 4) is 0 Å². The molecule has 0 aromatic heterocycles. The summed E-state index contributed by atoms with van der Waals surface area (Å²) >= 11 is 0. The molecule has 1 aliphatic rings. The second kappa shape index (κ2) is 9.22. The van der Waals surface area contributed by atoms with Gasteiger partial charge in [-0.25, -0.2) is 8.42 Å². The highest BCUT2D eigenvalue weighted by atomic mass is 32.2. The number of sulfonamides is 1. The van der Waals surface area contributed by atoms with Gasteiger partial charge in [0.25, 0.3) is 17.7 Å². The normalized spacial score (nSPS) is 13.6. The molecule has 3 rings (SSSR count). The number of nitrogens with one attached hydrogen (secondary N) is 2. The molecule has 32 heavy (non-hydrogen) atoms. The highest BCUT2D eigenvalue weighted by Gasteiger charge is 2.28. The quantitative estimate of drug-likeness (QED) is 0.592. The molecular formula is C23H27N3O5S. The fourth-order valence-electron chi connectivity index (χ4n) is 3.46. The Balaban J connectivity index is 1.77. The van der Waals surface area contributed by atoms with Gasteiger partial charge in [0.1, 0.15) is 0 Å². The molecule has 0 saturated heterocycles. The van der Waals surface area contributed by atoms with Gasteiger partial charge in [-0.15, -0.1) is 0 Å². The number of amides is 3. The van der Waals surface area contributed by atoms with Crippen molar-refractivity contribution >= 4 is 33.4 Å². The standard InChI is InChI=1S/C23H27N3O5S/c1-14(2)12-26(13-15(3)4)32(30,31)18-8-5-16(6-9-18)21(27)24-17-7-10-19-20(11-17)23(29)25-22(19)28/h5-11,14-15H,12-13H2,1-4H3,(H,24,27)(H,25,28,29). The molecule has 170 valence electrons. The molecule has 2 aromatic carbocycles. The van der Waals surface area contributed by atoms with Crippen LogP contribution in [0.3, 0.4) is 0 Å². The van der Waals surface area contributed by atoms with E-state index in [1.165, 1.54) is 46.8 Å². The van der Waals surface area contributed by atoms with Crippen molar-refractivity contribution in [2.75, 3.05) is 18.4 Å². The Hall–Kier alpha value is -3.04. The van der Waals surface area contributed by atoms with E-state index in [4.69, 9.17) is 0 Å². The van der Waals surface area contributed by atoms with Crippen molar-refractivity contribution in [2.45, 2.75) is 32.6 Å². The Kier molecular flexibility index (Phi) is 6.80. The minimum Gasteiger partial charge on any atom is -0.322 e. The zero-order valence-electron chi connectivity index (χ0n) is 18.5. The van der Waals surface area contributed by atoms with Crippen LogP contribution < -0.4 is 10.6 Å². The van der Waals surface area contributed by atoms with Crippen molar-refractivity contribution in [1.82, 2.24) is 9.62 Å². The van der Waals surface area contributed by atoms with Gasteiger partial charge in [0.2, 0.25) is 10.0 Å². The number of hydrogen-bond donors (Lipinski definition) is 2. The van der Waals surface area contributed by atoms with Crippen LogP contribution in [0.15, 0.2) is 47.4 Å². The topological polar surface area (TPSA) is 113 Å². The number of nitrogens with zero attached hydrogens (tertiary/aromatic N) is 1. The van der Waals surface area contributed by atoms with E-state index in [9.17, 15) is 22.8 Å². The molecule has 0 aliphatic carbocycles. The molecule has 1 heterocycles. The SMILES string of the molecule is CC(C)CN(CC(C)C)S(=O)(=O)c1ccc(C(=O)Nc2ccc3c(c2)C(=O)NC3=O)cc1. The van der Waals surface area contributed by atoms with Crippen LogP contribution in [-0.2, 0) is 10.0 Å². The van der Waals surface area contributed by atoms with Gasteiger partial charge < -0.3 is 5.32 Å². The van der Waals surface area contributed by atoms with E-state index in [1.807, 2.05) is 27.7 Å². The highest BCUT2D eigenvalue weighted by molar-refractivity contribution is 7.89. The number of carbonyl (C=O) groups is 3. The third-order valence-corrected chi connectivity index (χ3v) is 6.73. The van der Waals surface area contributed by atoms with Gasteiger partial charge in [0.05, 0.1) is 16.0 Å². The van der Waals surface area contributed by atoms with E-state index < -0.39 is 27.7 Å². The predicted molar refractivity (Wildman–Crippen MR) is 121 cm³/mol. The molecule has 8 nitrogen and oxygen atoms in total. The Morgan fingerprint density at radius 3 is 2.03 bits per heavy atom. The molecule has 2 N–H and O–H groups in total. The summed E-state index contributed by atoms with van der Waals surface area (Å²) in [5.41, 5.74) is 1.08. The number of fused-ring (bicyclic) bond motifs is 1. The van der Waals surface area contributed by atoms with Gasteiger partial charge in [0.15, 0.2) is 0 Å². The zero-order valence-corrected chi connectivity index (χ0v) is 19.3. The second-order valence-corrected chi connectivity index (χ2v) is 10.6. The Morgan fingerprint density at radius 1 is 0.906 bits per heavy atom. The summed E-state index contributed by atoms with van der Waals surface area (Å²) in [6.07, 6.45) is 0. The molecule has 1 aliphatic heterocycles. The van der Waals surface area contributed by atoms with Crippen LogP contribution in [0.1, 0.15) is 58.8 Å². The van der Waals surface area contributed by atoms with Crippen LogP contribution in [0.2, 0.25) is 0 Å². The highest BCUT2D eigenvalue weighted by Crippen LogP contribution is 2.22. The number of hydrogen-bond acceptors (Lipinski definition) is 5. The van der Waals surface area contributed by atoms with Crippen LogP contribution in [0.5, 0.6) is 0 Å². The van der Waals surface area contributed by atoms with Gasteiger partial charge in [-0.3, -0.25) is 19.7 Å². The van der Waals surface area contributed by atoms with Gasteiger partial charge in [-0.1, -0.05) is 27.7 Å². The molecule has 0 radical (unpaired) electrons. The van der Waals surface area contributed by atoms with Gasteiger partial charge in [-0.2, -0.15) is 4.31 Å². The van der Waals surface area contributed by atoms with Crippen molar-refractivity contribution in [2.24, 2.45) is 11.8 Å². The van der Waals surface area contributed by atoms with E-state index in [2.05, 4.69) is 10.6 Å². The van der Waals surface area contributed by atoms with Crippen molar-refractivity contribution in [3.05, 3.63) is 59.2 Å². The first-order valence-corrected chi connectivity index (χ1v) is 11.8. The third kappa shape index (κ3) is 5.05. The molecule has 0 spiro atoms. The lowest BCUT2D eigenvalue weighted by molar-refractivity contribution is 0.0878. The molecule has 3 amide bonds. The molecule has 0 saturated carbocycles. The van der Waals surface area contributed by atoms with Crippen LogP contribution in [0.4, 0.5) is 5.69 Å². The summed E-state index contributed by atoms with van der Waals surface area (Å²) < 4.78 is 27.7. The van der Waals surface area contributed by atoms with Crippen molar-refractivity contribution in [1.29, 1.82) is 0 Å². The second-order valence-electron chi connectivity index (χ2n) is 8.63. The number of carbonyl (C=O) groups excluding carboxylic acids is 3. The largest absolute Gasteiger partial charge is 0.322 e. The van der Waals surface area contributed by atoms with Crippen LogP contribution >= 0.6 is 0 Å². The lowest BCUT2D eigenvalue weighted by Gasteiger charge is -2.25. The van der Waals surface area contributed by atoms with Crippen LogP contribution in [0.25, 0.3) is 0 Å². The molecule has 0 bridgehead atoms. The number of anilines is 1. The van der Waals surface area contributed by atoms with Crippen molar-refractivity contribution < 1.29 is 22.8 Å². The fourth-order valence-corrected chi connectivity index (χ4v) is 5.23. The van der Waals surface area contributed by atoms with E-state index in [1.54, 1.807) is 0 Å². The average Bonchev–Trinajstić information content (AvgIpc) is 3.00. The maximum Gasteiger partial charge on any atom is 0.259 e. The van der Waals surface area contributed by atoms with E-state index in [0.29, 0.717) is 18.8 Å². The summed E-state index contributed by atoms with van der Waals surface area (Å²) in [4.78, 5) is 36.2. The van der Waals surface area contributed by atoms with Crippen LogP contribution in [-0.4, -0.2) is 43.5 Å². The fraction of sp³-hybridized carbons (Fsp3) is 0.348. The van der Waals surface area contributed by atoms with Crippen LogP contribution in [0, 0.1) is 11.8 Å². The van der Waals surface area contributed by atoms with Gasteiger partial charge >= 0.3 is 0 Å². The minimum atomic E-state index is -3.69. The summed E-state index contributed by atoms with van der Waals surface area (Å²) in [7, 11) is -3.69. The maximum atomic E-state index is 13.1. The number of benzene rings is 2. The van der Waals surface area contributed by atoms with E-state index in [-0.39, 0.29) is 33.4 Å². The minimum absolute atomic E-state index is 0.128. The molecule has 0 atom stereocenters. The van der Waals surface area contributed by atoms with Gasteiger partial charge in [0, 0.05) is 24.3 Å². The number of imide groups is 1. The molecule has 0 unspecified atom stereocenters. The molecular weight excluding hydrogens is 430 g/mol. The zero-order chi connectivity index (χ0) is 23.6. The predicted octanol–water partition coefficient (Wildman–Crippen LogP) is 3.13. The molecule has 9 heteroatoms. The lowest BCUT2D eigenvalue weighted by atomic mass is 10.1. The summed E-state index contributed by atoms with van der Waals surface area (Å²) in [5.74, 6) is -1.08.